The molecule has 0 fully saturated rings. The van der Waals surface area contributed by atoms with Crippen LogP contribution < -0.4 is 5.32 Å². The largest absolute Gasteiger partial charge is 0.419 e. The molecule has 0 aliphatic heterocycles. The molecule has 0 saturated heterocycles. The summed E-state index contributed by atoms with van der Waals surface area (Å²) in [6.45, 7) is 1.89. The van der Waals surface area contributed by atoms with Gasteiger partial charge in [0.2, 0.25) is 0 Å². The van der Waals surface area contributed by atoms with Crippen LogP contribution in [0.2, 0.25) is 0 Å². The number of hydrogen-bond donors (Lipinski definition) is 1. The van der Waals surface area contributed by atoms with Crippen LogP contribution in [-0.2, 0) is 6.18 Å². The van der Waals surface area contributed by atoms with Crippen molar-refractivity contribution in [3.05, 3.63) is 55.4 Å². The number of halogens is 5. The predicted octanol–water partition coefficient (Wildman–Crippen LogP) is 5.29. The number of alkyl halides is 3. The summed E-state index contributed by atoms with van der Waals surface area (Å²) in [4.78, 5) is 0.985. The summed E-state index contributed by atoms with van der Waals surface area (Å²) in [5.41, 5.74) is 0.000862. The van der Waals surface area contributed by atoms with E-state index in [1.807, 2.05) is 13.0 Å². The first-order chi connectivity index (χ1) is 9.74. The molecular formula is C14H12BrF4NS. The number of nitrogens with one attached hydrogen (secondary N) is 1. The minimum absolute atomic E-state index is 0.375. The lowest BCUT2D eigenvalue weighted by Gasteiger charge is -2.19. The molecule has 1 heterocycles. The summed E-state index contributed by atoms with van der Waals surface area (Å²) in [5.74, 6) is -1.26. The van der Waals surface area contributed by atoms with Gasteiger partial charge in [0, 0.05) is 4.88 Å². The second kappa shape index (κ2) is 6.06. The summed E-state index contributed by atoms with van der Waals surface area (Å²) in [6, 6.07) is 4.53. The number of hydrogen-bond acceptors (Lipinski definition) is 2. The summed E-state index contributed by atoms with van der Waals surface area (Å²) in [6.07, 6.45) is -4.71. The minimum atomic E-state index is -4.71. The summed E-state index contributed by atoms with van der Waals surface area (Å²) >= 11 is 4.86. The topological polar surface area (TPSA) is 12.0 Å². The fourth-order valence-corrected chi connectivity index (χ4v) is 3.93. The normalized spacial score (nSPS) is 13.5. The zero-order valence-corrected chi connectivity index (χ0v) is 13.6. The van der Waals surface area contributed by atoms with Gasteiger partial charge in [0.1, 0.15) is 5.82 Å². The van der Waals surface area contributed by atoms with E-state index in [0.717, 1.165) is 26.4 Å². The van der Waals surface area contributed by atoms with Crippen molar-refractivity contribution in [2.24, 2.45) is 0 Å². The van der Waals surface area contributed by atoms with E-state index >= 15 is 0 Å². The maximum absolute atomic E-state index is 13.4. The molecule has 2 aromatic rings. The van der Waals surface area contributed by atoms with Gasteiger partial charge in [0.05, 0.1) is 15.4 Å². The zero-order chi connectivity index (χ0) is 15.8. The molecule has 7 heteroatoms. The van der Waals surface area contributed by atoms with E-state index in [1.54, 1.807) is 7.05 Å². The molecule has 1 N–H and O–H groups in total. The number of benzene rings is 1. The molecule has 0 saturated carbocycles. The van der Waals surface area contributed by atoms with Crippen LogP contribution in [0.3, 0.4) is 0 Å². The second-order valence-electron chi connectivity index (χ2n) is 4.52. The minimum Gasteiger partial charge on any atom is -0.309 e. The monoisotopic (exact) mass is 381 g/mol. The molecule has 1 unspecified atom stereocenters. The van der Waals surface area contributed by atoms with Crippen LogP contribution in [0, 0.1) is 12.7 Å². The average molecular weight is 382 g/mol. The van der Waals surface area contributed by atoms with Crippen molar-refractivity contribution >= 4 is 27.3 Å². The van der Waals surface area contributed by atoms with Crippen LogP contribution in [0.5, 0.6) is 0 Å². The van der Waals surface area contributed by atoms with Crippen molar-refractivity contribution in [1.82, 2.24) is 5.32 Å². The lowest BCUT2D eigenvalue weighted by atomic mass is 9.97. The van der Waals surface area contributed by atoms with Gasteiger partial charge in [-0.2, -0.15) is 13.2 Å². The molecule has 114 valence electrons. The molecule has 0 radical (unpaired) electrons. The maximum Gasteiger partial charge on any atom is 0.419 e. The Bertz CT molecular complexity index is 651. The van der Waals surface area contributed by atoms with Gasteiger partial charge in [-0.15, -0.1) is 11.3 Å². The molecule has 21 heavy (non-hydrogen) atoms. The van der Waals surface area contributed by atoms with Gasteiger partial charge in [-0.25, -0.2) is 4.39 Å². The molecule has 0 bridgehead atoms. The van der Waals surface area contributed by atoms with Gasteiger partial charge in [-0.1, -0.05) is 6.07 Å². The molecule has 0 spiro atoms. The SMILES string of the molecule is CNC(c1ccc(F)c(C(F)(F)F)c1)c1cc(Br)sc1C. The standard InChI is InChI=1S/C14H12BrF4NS/c1-7-9(6-12(15)21-7)13(20-2)8-3-4-11(16)10(5-8)14(17,18)19/h3-6,13,20H,1-2H3. The number of aryl methyl sites for hydroxylation is 1. The van der Waals surface area contributed by atoms with Crippen LogP contribution in [0.25, 0.3) is 0 Å². The Labute approximate surface area is 132 Å². The Morgan fingerprint density at radius 2 is 1.90 bits per heavy atom. The summed E-state index contributed by atoms with van der Waals surface area (Å²) < 4.78 is 52.7. The van der Waals surface area contributed by atoms with Gasteiger partial charge in [0.15, 0.2) is 0 Å². The molecular weight excluding hydrogens is 370 g/mol. The van der Waals surface area contributed by atoms with Gasteiger partial charge >= 0.3 is 6.18 Å². The highest BCUT2D eigenvalue weighted by atomic mass is 79.9. The van der Waals surface area contributed by atoms with Crippen LogP contribution in [0.1, 0.15) is 27.6 Å². The van der Waals surface area contributed by atoms with Crippen molar-refractivity contribution in [3.8, 4) is 0 Å². The maximum atomic E-state index is 13.4. The molecule has 0 aliphatic carbocycles. The fraction of sp³-hybridized carbons (Fsp3) is 0.286. The Morgan fingerprint density at radius 1 is 1.24 bits per heavy atom. The first kappa shape index (κ1) is 16.5. The van der Waals surface area contributed by atoms with Crippen LogP contribution >= 0.6 is 27.3 Å². The molecule has 2 rings (SSSR count). The third kappa shape index (κ3) is 3.46. The van der Waals surface area contributed by atoms with Crippen molar-refractivity contribution in [3.63, 3.8) is 0 Å². The average Bonchev–Trinajstić information content (AvgIpc) is 2.70. The number of thiophene rings is 1. The van der Waals surface area contributed by atoms with E-state index in [1.165, 1.54) is 17.4 Å². The van der Waals surface area contributed by atoms with E-state index in [-0.39, 0.29) is 0 Å². The lowest BCUT2D eigenvalue weighted by Crippen LogP contribution is -2.19. The van der Waals surface area contributed by atoms with Crippen molar-refractivity contribution in [2.45, 2.75) is 19.1 Å². The highest BCUT2D eigenvalue weighted by Crippen LogP contribution is 2.37. The molecule has 0 amide bonds. The highest BCUT2D eigenvalue weighted by Gasteiger charge is 2.35. The summed E-state index contributed by atoms with van der Waals surface area (Å²) in [5, 5.41) is 2.98. The molecule has 1 aromatic heterocycles. The third-order valence-electron chi connectivity index (χ3n) is 3.15. The van der Waals surface area contributed by atoms with Crippen molar-refractivity contribution in [2.75, 3.05) is 7.05 Å². The Hall–Kier alpha value is -0.920. The van der Waals surface area contributed by atoms with Gasteiger partial charge < -0.3 is 5.32 Å². The van der Waals surface area contributed by atoms with Crippen LogP contribution in [0.4, 0.5) is 17.6 Å². The second-order valence-corrected chi connectivity index (χ2v) is 7.16. The Kier molecular flexibility index (Phi) is 4.75. The van der Waals surface area contributed by atoms with Gasteiger partial charge in [-0.3, -0.25) is 0 Å². The molecule has 1 atom stereocenters. The van der Waals surface area contributed by atoms with Crippen molar-refractivity contribution < 1.29 is 17.6 Å². The van der Waals surface area contributed by atoms with E-state index in [4.69, 9.17) is 0 Å². The van der Waals surface area contributed by atoms with E-state index in [9.17, 15) is 17.6 Å². The molecule has 0 aliphatic rings. The van der Waals surface area contributed by atoms with E-state index in [2.05, 4.69) is 21.2 Å². The van der Waals surface area contributed by atoms with Crippen LogP contribution in [-0.4, -0.2) is 7.05 Å². The smallest absolute Gasteiger partial charge is 0.309 e. The predicted molar refractivity (Wildman–Crippen MR) is 79.1 cm³/mol. The Morgan fingerprint density at radius 3 is 2.38 bits per heavy atom. The van der Waals surface area contributed by atoms with Crippen LogP contribution in [0.15, 0.2) is 28.1 Å². The van der Waals surface area contributed by atoms with Gasteiger partial charge in [-0.05, 0) is 59.2 Å². The fourth-order valence-electron chi connectivity index (χ4n) is 2.19. The third-order valence-corrected chi connectivity index (χ3v) is 4.72. The van der Waals surface area contributed by atoms with Crippen molar-refractivity contribution in [1.29, 1.82) is 0 Å². The van der Waals surface area contributed by atoms with E-state index in [0.29, 0.717) is 5.56 Å². The van der Waals surface area contributed by atoms with Gasteiger partial charge in [0.25, 0.3) is 0 Å². The van der Waals surface area contributed by atoms with E-state index < -0.39 is 23.6 Å². The number of rotatable bonds is 3. The molecule has 1 nitrogen and oxygen atoms in total. The highest BCUT2D eigenvalue weighted by molar-refractivity contribution is 9.11. The molecule has 1 aromatic carbocycles. The quantitative estimate of drug-likeness (QED) is 0.712. The Balaban J connectivity index is 2.51. The summed E-state index contributed by atoms with van der Waals surface area (Å²) in [7, 11) is 1.66. The lowest BCUT2D eigenvalue weighted by molar-refractivity contribution is -0.140. The first-order valence-electron chi connectivity index (χ1n) is 6.03. The zero-order valence-electron chi connectivity index (χ0n) is 11.2. The first-order valence-corrected chi connectivity index (χ1v) is 7.64.